The number of rotatable bonds is 0. The van der Waals surface area contributed by atoms with Crippen molar-refractivity contribution in [2.24, 2.45) is 5.73 Å². The molecule has 0 fully saturated rings. The molecule has 14 heavy (non-hydrogen) atoms. The van der Waals surface area contributed by atoms with Crippen molar-refractivity contribution in [2.45, 2.75) is 32.9 Å². The summed E-state index contributed by atoms with van der Waals surface area (Å²) in [7, 11) is 0. The molecular formula is C11H14ClNO. The highest BCUT2D eigenvalue weighted by Crippen LogP contribution is 2.41. The average molecular weight is 212 g/mol. The second-order valence-corrected chi connectivity index (χ2v) is 4.27. The topological polar surface area (TPSA) is 35.2 Å². The summed E-state index contributed by atoms with van der Waals surface area (Å²) in [5.74, 6) is 0.893. The molecule has 2 N–H and O–H groups in total. The van der Waals surface area contributed by atoms with E-state index in [2.05, 4.69) is 0 Å². The summed E-state index contributed by atoms with van der Waals surface area (Å²) in [6.07, 6.45) is 0.0431. The van der Waals surface area contributed by atoms with Crippen LogP contribution in [0.25, 0.3) is 0 Å². The van der Waals surface area contributed by atoms with Gasteiger partial charge in [0.15, 0.2) is 0 Å². The number of nitrogens with two attached hydrogens (primary N) is 1. The van der Waals surface area contributed by atoms with E-state index >= 15 is 0 Å². The van der Waals surface area contributed by atoms with Crippen LogP contribution in [0.2, 0.25) is 5.02 Å². The molecule has 2 atom stereocenters. The van der Waals surface area contributed by atoms with E-state index in [1.54, 1.807) is 0 Å². The van der Waals surface area contributed by atoms with E-state index < -0.39 is 0 Å². The van der Waals surface area contributed by atoms with Gasteiger partial charge in [-0.25, -0.2) is 0 Å². The second-order valence-electron chi connectivity index (χ2n) is 3.89. The van der Waals surface area contributed by atoms with E-state index in [9.17, 15) is 0 Å². The Morgan fingerprint density at radius 3 is 2.71 bits per heavy atom. The van der Waals surface area contributed by atoms with Crippen LogP contribution in [0, 0.1) is 13.8 Å². The van der Waals surface area contributed by atoms with Gasteiger partial charge in [-0.3, -0.25) is 0 Å². The van der Waals surface area contributed by atoms with Gasteiger partial charge in [0, 0.05) is 10.6 Å². The molecule has 76 valence electrons. The number of fused-ring (bicyclic) bond motifs is 1. The minimum atomic E-state index is -0.0527. The third-order valence-corrected chi connectivity index (χ3v) is 3.43. The maximum absolute atomic E-state index is 6.16. The Morgan fingerprint density at radius 1 is 1.43 bits per heavy atom. The molecule has 1 aromatic carbocycles. The normalized spacial score (nSPS) is 24.6. The van der Waals surface area contributed by atoms with Gasteiger partial charge < -0.3 is 10.5 Å². The fourth-order valence-electron chi connectivity index (χ4n) is 1.96. The van der Waals surface area contributed by atoms with Crippen molar-refractivity contribution in [2.75, 3.05) is 0 Å². The van der Waals surface area contributed by atoms with Gasteiger partial charge in [-0.15, -0.1) is 0 Å². The van der Waals surface area contributed by atoms with Crippen molar-refractivity contribution in [1.82, 2.24) is 0 Å². The lowest BCUT2D eigenvalue weighted by molar-refractivity contribution is 0.228. The van der Waals surface area contributed by atoms with Crippen LogP contribution in [0.3, 0.4) is 0 Å². The molecule has 1 aliphatic rings. The molecule has 0 amide bonds. The van der Waals surface area contributed by atoms with Gasteiger partial charge in [0.25, 0.3) is 0 Å². The lowest BCUT2D eigenvalue weighted by Crippen LogP contribution is -2.22. The van der Waals surface area contributed by atoms with Crippen LogP contribution in [0.4, 0.5) is 0 Å². The summed E-state index contributed by atoms with van der Waals surface area (Å²) >= 11 is 6.16. The van der Waals surface area contributed by atoms with Crippen molar-refractivity contribution >= 4 is 11.6 Å². The first-order valence-electron chi connectivity index (χ1n) is 4.74. The Hall–Kier alpha value is -0.730. The van der Waals surface area contributed by atoms with Gasteiger partial charge in [0.05, 0.1) is 6.04 Å². The predicted octanol–water partition coefficient (Wildman–Crippen LogP) is 2.74. The molecule has 1 aromatic rings. The Kier molecular flexibility index (Phi) is 2.20. The van der Waals surface area contributed by atoms with Crippen LogP contribution in [0.5, 0.6) is 5.75 Å². The highest BCUT2D eigenvalue weighted by molar-refractivity contribution is 6.32. The van der Waals surface area contributed by atoms with Crippen molar-refractivity contribution in [3.8, 4) is 5.75 Å². The van der Waals surface area contributed by atoms with Crippen LogP contribution < -0.4 is 10.5 Å². The molecule has 2 nitrogen and oxygen atoms in total. The third-order valence-electron chi connectivity index (χ3n) is 2.84. The number of ether oxygens (including phenoxy) is 1. The van der Waals surface area contributed by atoms with Gasteiger partial charge >= 0.3 is 0 Å². The van der Waals surface area contributed by atoms with Crippen molar-refractivity contribution in [1.29, 1.82) is 0 Å². The molecule has 0 radical (unpaired) electrons. The number of hydrogen-bond acceptors (Lipinski definition) is 2. The number of aryl methyl sites for hydroxylation is 1. The molecule has 0 saturated heterocycles. The van der Waals surface area contributed by atoms with Crippen LogP contribution >= 0.6 is 11.6 Å². The van der Waals surface area contributed by atoms with E-state index in [4.69, 9.17) is 22.1 Å². The summed E-state index contributed by atoms with van der Waals surface area (Å²) in [5, 5.41) is 0.803. The van der Waals surface area contributed by atoms with Gasteiger partial charge in [-0.2, -0.15) is 0 Å². The van der Waals surface area contributed by atoms with E-state index in [0.29, 0.717) is 0 Å². The first kappa shape index (κ1) is 9.81. The molecule has 1 aliphatic heterocycles. The molecule has 0 bridgehead atoms. The zero-order valence-corrected chi connectivity index (χ0v) is 9.35. The van der Waals surface area contributed by atoms with E-state index in [1.807, 2.05) is 26.8 Å². The highest BCUT2D eigenvalue weighted by atomic mass is 35.5. The van der Waals surface area contributed by atoms with Crippen molar-refractivity contribution < 1.29 is 4.74 Å². The molecule has 2 unspecified atom stereocenters. The average Bonchev–Trinajstić information content (AvgIpc) is 2.39. The Labute approximate surface area is 89.0 Å². The molecule has 1 heterocycles. The van der Waals surface area contributed by atoms with Crippen LogP contribution in [0.15, 0.2) is 6.07 Å². The highest BCUT2D eigenvalue weighted by Gasteiger charge is 2.30. The maximum atomic E-state index is 6.16. The van der Waals surface area contributed by atoms with E-state index in [-0.39, 0.29) is 12.1 Å². The Bertz CT molecular complexity index is 389. The quantitative estimate of drug-likeness (QED) is 0.716. The largest absolute Gasteiger partial charge is 0.488 e. The van der Waals surface area contributed by atoms with Gasteiger partial charge in [0.1, 0.15) is 11.9 Å². The van der Waals surface area contributed by atoms with Crippen LogP contribution in [-0.4, -0.2) is 6.10 Å². The molecule has 3 heteroatoms. The fourth-order valence-corrected chi connectivity index (χ4v) is 2.11. The molecule has 0 spiro atoms. The number of hydrogen-bond donors (Lipinski definition) is 1. The monoisotopic (exact) mass is 211 g/mol. The fraction of sp³-hybridized carbons (Fsp3) is 0.455. The molecule has 2 rings (SSSR count). The molecular weight excluding hydrogens is 198 g/mol. The minimum absolute atomic E-state index is 0.0431. The smallest absolute Gasteiger partial charge is 0.125 e. The summed E-state index contributed by atoms with van der Waals surface area (Å²) in [6.45, 7) is 5.95. The maximum Gasteiger partial charge on any atom is 0.125 e. The third kappa shape index (κ3) is 1.22. The van der Waals surface area contributed by atoms with Gasteiger partial charge in [0.2, 0.25) is 0 Å². The molecule has 0 saturated carbocycles. The van der Waals surface area contributed by atoms with Crippen molar-refractivity contribution in [3.05, 3.63) is 27.8 Å². The van der Waals surface area contributed by atoms with Gasteiger partial charge in [-0.05, 0) is 38.0 Å². The number of benzene rings is 1. The standard InChI is InChI=1S/C11H14ClNO/c1-5-4-8-9(6(2)10(5)12)11(13)7(3)14-8/h4,7,11H,13H2,1-3H3. The molecule has 0 aromatic heterocycles. The predicted molar refractivity (Wildman–Crippen MR) is 57.9 cm³/mol. The minimum Gasteiger partial charge on any atom is -0.488 e. The molecule has 0 aliphatic carbocycles. The summed E-state index contributed by atoms with van der Waals surface area (Å²) < 4.78 is 5.65. The first-order valence-corrected chi connectivity index (χ1v) is 5.12. The summed E-state index contributed by atoms with van der Waals surface area (Å²) in [6, 6.07) is 1.91. The van der Waals surface area contributed by atoms with Gasteiger partial charge in [-0.1, -0.05) is 11.6 Å². The lowest BCUT2D eigenvalue weighted by atomic mass is 9.98. The Morgan fingerprint density at radius 2 is 2.07 bits per heavy atom. The van der Waals surface area contributed by atoms with E-state index in [0.717, 1.165) is 27.5 Å². The number of halogens is 1. The van der Waals surface area contributed by atoms with E-state index in [1.165, 1.54) is 0 Å². The second kappa shape index (κ2) is 3.14. The summed E-state index contributed by atoms with van der Waals surface area (Å²) in [5.41, 5.74) is 9.19. The lowest BCUT2D eigenvalue weighted by Gasteiger charge is -2.10. The summed E-state index contributed by atoms with van der Waals surface area (Å²) in [4.78, 5) is 0. The Balaban J connectivity index is 2.65. The zero-order chi connectivity index (χ0) is 10.5. The van der Waals surface area contributed by atoms with Crippen molar-refractivity contribution in [3.63, 3.8) is 0 Å². The zero-order valence-electron chi connectivity index (χ0n) is 8.60. The van der Waals surface area contributed by atoms with Crippen LogP contribution in [-0.2, 0) is 0 Å². The van der Waals surface area contributed by atoms with Crippen LogP contribution in [0.1, 0.15) is 29.7 Å². The SMILES string of the molecule is Cc1cc2c(c(C)c1Cl)C(N)C(C)O2. The first-order chi connectivity index (χ1) is 6.52.